The molecule has 0 spiro atoms. The molecule has 0 aliphatic carbocycles. The fourth-order valence-corrected chi connectivity index (χ4v) is 6.68. The standard InChI is InChI=1S/C37H52O3/c1-5-9-12-18-28-21-15-24-31(38)34(28)37(27-8-4,35-29(19-13-10-6-2)22-16-25-32(35)39)36-30(20-14-11-7-3)23-17-26-33(36)40/h15-17,21-26,38-40H,5-14,18-20,27H2,1-4H3. The van der Waals surface area contributed by atoms with E-state index in [-0.39, 0.29) is 17.2 Å². The molecule has 3 aromatic carbocycles. The summed E-state index contributed by atoms with van der Waals surface area (Å²) in [5.74, 6) is 0.730. The van der Waals surface area contributed by atoms with Gasteiger partial charge >= 0.3 is 0 Å². The molecule has 0 aliphatic heterocycles. The normalized spacial score (nSPS) is 11.7. The fourth-order valence-electron chi connectivity index (χ4n) is 6.68. The van der Waals surface area contributed by atoms with Gasteiger partial charge in [-0.2, -0.15) is 0 Å². The highest BCUT2D eigenvalue weighted by Gasteiger charge is 2.45. The molecule has 3 aromatic rings. The van der Waals surface area contributed by atoms with Crippen LogP contribution in [0.3, 0.4) is 0 Å². The van der Waals surface area contributed by atoms with Crippen molar-refractivity contribution in [2.45, 2.75) is 123 Å². The maximum absolute atomic E-state index is 11.8. The van der Waals surface area contributed by atoms with E-state index in [1.807, 2.05) is 18.2 Å². The van der Waals surface area contributed by atoms with Gasteiger partial charge in [0.2, 0.25) is 0 Å². The Bertz CT molecular complexity index is 1050. The van der Waals surface area contributed by atoms with E-state index in [1.165, 1.54) is 0 Å². The zero-order valence-electron chi connectivity index (χ0n) is 25.4. The lowest BCUT2D eigenvalue weighted by molar-refractivity contribution is 0.402. The number of aryl methyl sites for hydroxylation is 3. The third kappa shape index (κ3) is 7.03. The summed E-state index contributed by atoms with van der Waals surface area (Å²) < 4.78 is 0. The van der Waals surface area contributed by atoms with E-state index in [9.17, 15) is 15.3 Å². The second-order valence-corrected chi connectivity index (χ2v) is 11.5. The lowest BCUT2D eigenvalue weighted by Crippen LogP contribution is -2.34. The predicted octanol–water partition coefficient (Wildman–Crippen LogP) is 10.1. The maximum atomic E-state index is 11.8. The average Bonchev–Trinajstić information content (AvgIpc) is 2.93. The first-order valence-electron chi connectivity index (χ1n) is 15.9. The molecule has 0 unspecified atom stereocenters. The molecule has 0 radical (unpaired) electrons. The van der Waals surface area contributed by atoms with Crippen molar-refractivity contribution in [1.82, 2.24) is 0 Å². The summed E-state index contributed by atoms with van der Waals surface area (Å²) >= 11 is 0. The summed E-state index contributed by atoms with van der Waals surface area (Å²) in [6.07, 6.45) is 13.9. The van der Waals surface area contributed by atoms with Crippen LogP contribution in [0.5, 0.6) is 17.2 Å². The first-order chi connectivity index (χ1) is 19.5. The zero-order valence-corrected chi connectivity index (χ0v) is 25.4. The van der Waals surface area contributed by atoms with E-state index in [0.29, 0.717) is 6.42 Å². The fraction of sp³-hybridized carbons (Fsp3) is 0.514. The Hall–Kier alpha value is -2.94. The van der Waals surface area contributed by atoms with Crippen LogP contribution in [0.4, 0.5) is 0 Å². The average molecular weight is 545 g/mol. The summed E-state index contributed by atoms with van der Waals surface area (Å²) in [6.45, 7) is 8.79. The topological polar surface area (TPSA) is 60.7 Å². The van der Waals surface area contributed by atoms with Crippen LogP contribution in [-0.2, 0) is 24.7 Å². The van der Waals surface area contributed by atoms with Crippen LogP contribution in [0.15, 0.2) is 54.6 Å². The molecule has 3 heteroatoms. The number of phenolic OH excluding ortho intramolecular Hbond substituents is 3. The second kappa shape index (κ2) is 15.7. The van der Waals surface area contributed by atoms with E-state index < -0.39 is 5.41 Å². The van der Waals surface area contributed by atoms with Crippen LogP contribution in [0.1, 0.15) is 132 Å². The summed E-state index contributed by atoms with van der Waals surface area (Å²) in [5, 5.41) is 35.3. The van der Waals surface area contributed by atoms with Gasteiger partial charge in [0.1, 0.15) is 17.2 Å². The zero-order chi connectivity index (χ0) is 29.0. The Morgan fingerprint density at radius 2 is 0.775 bits per heavy atom. The van der Waals surface area contributed by atoms with Gasteiger partial charge < -0.3 is 15.3 Å². The number of phenols is 3. The smallest absolute Gasteiger partial charge is 0.120 e. The highest BCUT2D eigenvalue weighted by Crippen LogP contribution is 2.55. The van der Waals surface area contributed by atoms with Crippen LogP contribution >= 0.6 is 0 Å². The Kier molecular flexibility index (Phi) is 12.4. The number of hydrogen-bond donors (Lipinski definition) is 3. The van der Waals surface area contributed by atoms with Crippen molar-refractivity contribution in [1.29, 1.82) is 0 Å². The van der Waals surface area contributed by atoms with E-state index in [1.54, 1.807) is 18.2 Å². The number of aromatic hydroxyl groups is 3. The van der Waals surface area contributed by atoms with E-state index in [2.05, 4.69) is 45.9 Å². The van der Waals surface area contributed by atoms with Crippen molar-refractivity contribution < 1.29 is 15.3 Å². The van der Waals surface area contributed by atoms with Crippen molar-refractivity contribution in [3.63, 3.8) is 0 Å². The second-order valence-electron chi connectivity index (χ2n) is 11.5. The number of hydrogen-bond acceptors (Lipinski definition) is 3. The quantitative estimate of drug-likeness (QED) is 0.117. The van der Waals surface area contributed by atoms with Crippen LogP contribution in [0.25, 0.3) is 0 Å². The lowest BCUT2D eigenvalue weighted by Gasteiger charge is -2.41. The highest BCUT2D eigenvalue weighted by atomic mass is 16.3. The van der Waals surface area contributed by atoms with Gasteiger partial charge in [0, 0.05) is 16.7 Å². The molecule has 3 N–H and O–H groups in total. The summed E-state index contributed by atoms with van der Waals surface area (Å²) in [4.78, 5) is 0. The molecule has 40 heavy (non-hydrogen) atoms. The van der Waals surface area contributed by atoms with E-state index in [0.717, 1.165) is 117 Å². The van der Waals surface area contributed by atoms with Crippen molar-refractivity contribution in [3.8, 4) is 17.2 Å². The van der Waals surface area contributed by atoms with Gasteiger partial charge in [-0.1, -0.05) is 109 Å². The van der Waals surface area contributed by atoms with E-state index in [4.69, 9.17) is 0 Å². The first kappa shape index (κ1) is 31.6. The third-order valence-electron chi connectivity index (χ3n) is 8.44. The monoisotopic (exact) mass is 544 g/mol. The van der Waals surface area contributed by atoms with Crippen LogP contribution < -0.4 is 0 Å². The number of unbranched alkanes of at least 4 members (excludes halogenated alkanes) is 6. The Morgan fingerprint density at radius 1 is 0.450 bits per heavy atom. The Morgan fingerprint density at radius 3 is 1.05 bits per heavy atom. The minimum atomic E-state index is -0.887. The molecule has 0 aromatic heterocycles. The SMILES string of the molecule is CCCCCc1cccc(O)c1C(CCC)(c1c(O)cccc1CCCCC)c1c(O)cccc1CCCCC. The Labute approximate surface area is 243 Å². The predicted molar refractivity (Wildman–Crippen MR) is 169 cm³/mol. The molecule has 218 valence electrons. The Balaban J connectivity index is 2.48. The molecular weight excluding hydrogens is 492 g/mol. The third-order valence-corrected chi connectivity index (χ3v) is 8.44. The van der Waals surface area contributed by atoms with Crippen molar-refractivity contribution in [3.05, 3.63) is 88.0 Å². The van der Waals surface area contributed by atoms with Gasteiger partial charge in [0.25, 0.3) is 0 Å². The van der Waals surface area contributed by atoms with Crippen molar-refractivity contribution in [2.75, 3.05) is 0 Å². The summed E-state index contributed by atoms with van der Waals surface area (Å²) in [7, 11) is 0. The first-order valence-corrected chi connectivity index (χ1v) is 15.9. The molecule has 0 bridgehead atoms. The molecule has 0 saturated heterocycles. The number of benzene rings is 3. The lowest BCUT2D eigenvalue weighted by atomic mass is 9.61. The molecular formula is C37H52O3. The highest BCUT2D eigenvalue weighted by molar-refractivity contribution is 5.66. The van der Waals surface area contributed by atoms with E-state index >= 15 is 0 Å². The minimum absolute atomic E-state index is 0.243. The largest absolute Gasteiger partial charge is 0.508 e. The maximum Gasteiger partial charge on any atom is 0.120 e. The molecule has 0 saturated carbocycles. The van der Waals surface area contributed by atoms with Gasteiger partial charge in [-0.15, -0.1) is 0 Å². The molecule has 0 amide bonds. The van der Waals surface area contributed by atoms with Gasteiger partial charge in [0.15, 0.2) is 0 Å². The van der Waals surface area contributed by atoms with Crippen LogP contribution in [0.2, 0.25) is 0 Å². The summed E-state index contributed by atoms with van der Waals surface area (Å²) in [5.41, 5.74) is 4.98. The minimum Gasteiger partial charge on any atom is -0.508 e. The van der Waals surface area contributed by atoms with Crippen LogP contribution in [0, 0.1) is 0 Å². The molecule has 3 nitrogen and oxygen atoms in total. The molecule has 0 atom stereocenters. The van der Waals surface area contributed by atoms with Gasteiger partial charge in [-0.05, 0) is 79.8 Å². The van der Waals surface area contributed by atoms with Crippen LogP contribution in [-0.4, -0.2) is 15.3 Å². The van der Waals surface area contributed by atoms with Crippen molar-refractivity contribution >= 4 is 0 Å². The molecule has 0 heterocycles. The molecule has 0 fully saturated rings. The molecule has 3 rings (SSSR count). The van der Waals surface area contributed by atoms with Crippen molar-refractivity contribution in [2.24, 2.45) is 0 Å². The molecule has 0 aliphatic rings. The van der Waals surface area contributed by atoms with Gasteiger partial charge in [0.05, 0.1) is 5.41 Å². The summed E-state index contributed by atoms with van der Waals surface area (Å²) in [6, 6.07) is 17.6. The van der Waals surface area contributed by atoms with Gasteiger partial charge in [-0.3, -0.25) is 0 Å². The van der Waals surface area contributed by atoms with Gasteiger partial charge in [-0.25, -0.2) is 0 Å². The number of rotatable bonds is 17.